The van der Waals surface area contributed by atoms with Crippen LogP contribution in [-0.4, -0.2) is 24.7 Å². The van der Waals surface area contributed by atoms with Gasteiger partial charge in [-0.2, -0.15) is 18.2 Å². The van der Waals surface area contributed by atoms with E-state index in [0.717, 1.165) is 12.1 Å². The first-order valence-electron chi connectivity index (χ1n) is 7.80. The number of alkyl halides is 3. The van der Waals surface area contributed by atoms with Crippen molar-refractivity contribution in [3.8, 4) is 17.6 Å². The lowest BCUT2D eigenvalue weighted by Crippen LogP contribution is -2.07. The Bertz CT molecular complexity index is 934. The summed E-state index contributed by atoms with van der Waals surface area (Å²) in [5, 5.41) is 0. The molecular weight excluding hydrogens is 367 g/mol. The van der Waals surface area contributed by atoms with Crippen LogP contribution in [0.4, 0.5) is 13.2 Å². The predicted molar refractivity (Wildman–Crippen MR) is 87.7 cm³/mol. The van der Waals surface area contributed by atoms with Gasteiger partial charge in [0.05, 0.1) is 25.7 Å². The lowest BCUT2D eigenvalue weighted by atomic mass is 10.2. The molecule has 0 spiro atoms. The number of methoxy groups -OCH3 is 1. The van der Waals surface area contributed by atoms with Crippen molar-refractivity contribution in [2.45, 2.75) is 12.6 Å². The van der Waals surface area contributed by atoms with Crippen molar-refractivity contribution in [3.63, 3.8) is 0 Å². The Labute approximate surface area is 151 Å². The molecule has 0 aliphatic heterocycles. The number of hydrogen-bond acceptors (Lipinski definition) is 6. The van der Waals surface area contributed by atoms with E-state index in [4.69, 9.17) is 13.9 Å². The first-order chi connectivity index (χ1) is 12.8. The van der Waals surface area contributed by atoms with Crippen LogP contribution in [0, 0.1) is 0 Å². The van der Waals surface area contributed by atoms with E-state index in [2.05, 4.69) is 9.72 Å². The van der Waals surface area contributed by atoms with Gasteiger partial charge < -0.3 is 18.6 Å². The number of oxazole rings is 1. The molecule has 0 bridgehead atoms. The minimum Gasteiger partial charge on any atom is -0.493 e. The maximum Gasteiger partial charge on any atom is 0.416 e. The molecule has 0 unspecified atom stereocenters. The summed E-state index contributed by atoms with van der Waals surface area (Å²) in [5.41, 5.74) is -0.602. The minimum absolute atomic E-state index is 0.0254. The van der Waals surface area contributed by atoms with Gasteiger partial charge in [-0.1, -0.05) is 0 Å². The lowest BCUT2D eigenvalue weighted by Gasteiger charge is -2.06. The van der Waals surface area contributed by atoms with Crippen molar-refractivity contribution in [3.05, 3.63) is 48.0 Å². The second-order valence-corrected chi connectivity index (χ2v) is 5.41. The molecular formula is C18H14F3NO5. The Morgan fingerprint density at radius 2 is 1.81 bits per heavy atom. The van der Waals surface area contributed by atoms with E-state index in [0.29, 0.717) is 11.5 Å². The number of aromatic nitrogens is 1. The quantitative estimate of drug-likeness (QED) is 0.582. The number of hydrogen-bond donors (Lipinski definition) is 0. The summed E-state index contributed by atoms with van der Waals surface area (Å²) in [6.07, 6.45) is -4.52. The molecule has 0 fully saturated rings. The second-order valence-electron chi connectivity index (χ2n) is 5.41. The summed E-state index contributed by atoms with van der Waals surface area (Å²) in [5.74, 6) is 0.496. The van der Waals surface area contributed by atoms with Gasteiger partial charge in [0, 0.05) is 0 Å². The first kappa shape index (κ1) is 18.6. The van der Waals surface area contributed by atoms with Crippen LogP contribution in [0.15, 0.2) is 46.9 Å². The third-order valence-corrected chi connectivity index (χ3v) is 3.53. The highest BCUT2D eigenvalue weighted by Gasteiger charge is 2.31. The van der Waals surface area contributed by atoms with Crippen molar-refractivity contribution < 1.29 is 36.6 Å². The minimum atomic E-state index is -4.47. The van der Waals surface area contributed by atoms with Gasteiger partial charge >= 0.3 is 18.2 Å². The molecule has 0 saturated carbocycles. The highest BCUT2D eigenvalue weighted by molar-refractivity contribution is 5.74. The molecule has 3 rings (SSSR count). The zero-order chi connectivity index (χ0) is 19.4. The molecule has 1 heterocycles. The maximum atomic E-state index is 12.7. The predicted octanol–water partition coefficient (Wildman–Crippen LogP) is 4.58. The third kappa shape index (κ3) is 4.69. The number of ether oxygens (including phenoxy) is 3. The summed E-state index contributed by atoms with van der Waals surface area (Å²) in [4.78, 5) is 15.0. The van der Waals surface area contributed by atoms with Crippen LogP contribution in [0.5, 0.6) is 17.6 Å². The normalized spacial score (nSPS) is 11.4. The molecule has 0 radical (unpaired) electrons. The van der Waals surface area contributed by atoms with Crippen molar-refractivity contribution in [2.75, 3.05) is 13.7 Å². The highest BCUT2D eigenvalue weighted by atomic mass is 19.4. The van der Waals surface area contributed by atoms with Gasteiger partial charge in [0.25, 0.3) is 0 Å². The van der Waals surface area contributed by atoms with Crippen LogP contribution in [0.3, 0.4) is 0 Å². The van der Waals surface area contributed by atoms with E-state index in [1.54, 1.807) is 24.3 Å². The molecule has 142 valence electrons. The molecule has 0 aliphatic carbocycles. The fraction of sp³-hybridized carbons (Fsp3) is 0.222. The molecule has 0 N–H and O–H groups in total. The molecule has 1 aromatic heterocycles. The number of rotatable bonds is 6. The van der Waals surface area contributed by atoms with E-state index in [1.807, 2.05) is 0 Å². The molecule has 3 aromatic rings. The van der Waals surface area contributed by atoms with Crippen molar-refractivity contribution in [2.24, 2.45) is 0 Å². The smallest absolute Gasteiger partial charge is 0.416 e. The summed E-state index contributed by atoms with van der Waals surface area (Å²) < 4.78 is 58.7. The Kier molecular flexibility index (Phi) is 5.20. The number of halogens is 3. The number of fused-ring (bicyclic) bond motifs is 1. The number of carbonyl (C=O) groups excluding carboxylic acids is 1. The molecule has 6 nitrogen and oxygen atoms in total. The van der Waals surface area contributed by atoms with E-state index in [9.17, 15) is 18.0 Å². The van der Waals surface area contributed by atoms with Crippen LogP contribution >= 0.6 is 0 Å². The van der Waals surface area contributed by atoms with Gasteiger partial charge in [0.1, 0.15) is 17.0 Å². The molecule has 0 amide bonds. The zero-order valence-corrected chi connectivity index (χ0v) is 14.1. The second kappa shape index (κ2) is 7.56. The largest absolute Gasteiger partial charge is 0.493 e. The first-order valence-corrected chi connectivity index (χ1v) is 7.80. The molecule has 0 atom stereocenters. The number of esters is 1. The van der Waals surface area contributed by atoms with Crippen LogP contribution in [-0.2, 0) is 15.7 Å². The fourth-order valence-corrected chi connectivity index (χ4v) is 2.18. The summed E-state index contributed by atoms with van der Waals surface area (Å²) >= 11 is 0. The highest BCUT2D eigenvalue weighted by Crippen LogP contribution is 2.33. The van der Waals surface area contributed by atoms with Crippen molar-refractivity contribution in [1.82, 2.24) is 4.98 Å². The van der Waals surface area contributed by atoms with Gasteiger partial charge in [-0.15, -0.1) is 0 Å². The van der Waals surface area contributed by atoms with Gasteiger partial charge in [-0.25, -0.2) is 0 Å². The number of carbonyl (C=O) groups is 1. The summed E-state index contributed by atoms with van der Waals surface area (Å²) in [7, 11) is 1.30. The number of benzene rings is 2. The van der Waals surface area contributed by atoms with Crippen LogP contribution in [0.25, 0.3) is 11.1 Å². The van der Waals surface area contributed by atoms with E-state index in [-0.39, 0.29) is 36.2 Å². The van der Waals surface area contributed by atoms with E-state index < -0.39 is 11.7 Å². The Morgan fingerprint density at radius 3 is 2.48 bits per heavy atom. The van der Waals surface area contributed by atoms with E-state index in [1.165, 1.54) is 13.2 Å². The SMILES string of the molecule is COC(=O)CCOc1ccc(Oc2nc3ccc(C(F)(F)F)cc3o2)cc1. The molecule has 0 saturated heterocycles. The molecule has 9 heteroatoms. The summed E-state index contributed by atoms with van der Waals surface area (Å²) in [6, 6.07) is 9.37. The average molecular weight is 381 g/mol. The summed E-state index contributed by atoms with van der Waals surface area (Å²) in [6.45, 7) is 0.166. The Hall–Kier alpha value is -3.23. The Morgan fingerprint density at radius 1 is 1.11 bits per heavy atom. The number of nitrogens with zero attached hydrogens (tertiary/aromatic N) is 1. The van der Waals surface area contributed by atoms with Crippen LogP contribution in [0.2, 0.25) is 0 Å². The van der Waals surface area contributed by atoms with Crippen LogP contribution in [0.1, 0.15) is 12.0 Å². The maximum absolute atomic E-state index is 12.7. The average Bonchev–Trinajstić information content (AvgIpc) is 3.03. The zero-order valence-electron chi connectivity index (χ0n) is 14.1. The van der Waals surface area contributed by atoms with E-state index >= 15 is 0 Å². The van der Waals surface area contributed by atoms with Crippen molar-refractivity contribution >= 4 is 17.1 Å². The standard InChI is InChI=1S/C18H14F3NO5/c1-24-16(23)8-9-25-12-3-5-13(6-4-12)26-17-22-14-7-2-11(18(19,20)21)10-15(14)27-17/h2-7,10H,8-9H2,1H3. The molecule has 0 aliphatic rings. The Balaban J connectivity index is 1.65. The van der Waals surface area contributed by atoms with Crippen molar-refractivity contribution in [1.29, 1.82) is 0 Å². The monoisotopic (exact) mass is 381 g/mol. The van der Waals surface area contributed by atoms with Gasteiger partial charge in [-0.05, 0) is 42.5 Å². The van der Waals surface area contributed by atoms with Gasteiger partial charge in [0.2, 0.25) is 0 Å². The topological polar surface area (TPSA) is 70.8 Å². The third-order valence-electron chi connectivity index (χ3n) is 3.53. The lowest BCUT2D eigenvalue weighted by molar-refractivity contribution is -0.141. The van der Waals surface area contributed by atoms with Crippen LogP contribution < -0.4 is 9.47 Å². The molecule has 27 heavy (non-hydrogen) atoms. The van der Waals surface area contributed by atoms with Gasteiger partial charge in [-0.3, -0.25) is 4.79 Å². The molecule has 2 aromatic carbocycles. The van der Waals surface area contributed by atoms with Gasteiger partial charge in [0.15, 0.2) is 5.58 Å². The fourth-order valence-electron chi connectivity index (χ4n) is 2.18.